The van der Waals surface area contributed by atoms with Gasteiger partial charge in [0.1, 0.15) is 6.04 Å². The van der Waals surface area contributed by atoms with E-state index in [0.29, 0.717) is 17.2 Å². The third-order valence-corrected chi connectivity index (χ3v) is 4.76. The normalized spacial score (nSPS) is 17.1. The number of carbonyl (C=O) groups excluding carboxylic acids is 2. The molecule has 1 saturated heterocycles. The molecule has 0 aliphatic carbocycles. The first-order valence-corrected chi connectivity index (χ1v) is 8.62. The van der Waals surface area contributed by atoms with E-state index in [9.17, 15) is 9.59 Å². The van der Waals surface area contributed by atoms with Crippen molar-refractivity contribution in [3.8, 4) is 0 Å². The van der Waals surface area contributed by atoms with Gasteiger partial charge >= 0.3 is 0 Å². The van der Waals surface area contributed by atoms with Crippen molar-refractivity contribution in [2.75, 3.05) is 16.9 Å². The molecule has 1 unspecified atom stereocenters. The first-order chi connectivity index (χ1) is 11.1. The van der Waals surface area contributed by atoms with E-state index < -0.39 is 6.04 Å². The molecular formula is C18H18N2O2S. The van der Waals surface area contributed by atoms with Crippen molar-refractivity contribution in [3.05, 3.63) is 65.7 Å². The number of thioether (sulfide) groups is 1. The first-order valence-electron chi connectivity index (χ1n) is 7.46. The zero-order chi connectivity index (χ0) is 16.2. The standard InChI is InChI=1S/C18H18N2O2S/c1-13-6-5-9-15(10-13)19-17(21)16-11-23-12-20(16)18(22)14-7-3-2-4-8-14/h2-10,16H,11-12H2,1H3,(H,19,21). The predicted molar refractivity (Wildman–Crippen MR) is 93.5 cm³/mol. The third-order valence-electron chi connectivity index (χ3n) is 3.75. The molecular weight excluding hydrogens is 308 g/mol. The Morgan fingerprint density at radius 3 is 2.65 bits per heavy atom. The van der Waals surface area contributed by atoms with E-state index in [0.717, 1.165) is 11.3 Å². The minimum atomic E-state index is -0.437. The highest BCUT2D eigenvalue weighted by atomic mass is 32.2. The van der Waals surface area contributed by atoms with Gasteiger partial charge in [-0.1, -0.05) is 30.3 Å². The Labute approximate surface area is 139 Å². The molecule has 118 valence electrons. The molecule has 0 aromatic heterocycles. The van der Waals surface area contributed by atoms with E-state index in [4.69, 9.17) is 0 Å². The van der Waals surface area contributed by atoms with Crippen LogP contribution in [-0.4, -0.2) is 34.4 Å². The molecule has 3 rings (SSSR count). The minimum absolute atomic E-state index is 0.0972. The maximum Gasteiger partial charge on any atom is 0.255 e. The predicted octanol–water partition coefficient (Wildman–Crippen LogP) is 3.15. The fourth-order valence-corrected chi connectivity index (χ4v) is 3.71. The molecule has 0 radical (unpaired) electrons. The first kappa shape index (κ1) is 15.6. The van der Waals surface area contributed by atoms with Gasteiger partial charge in [-0.3, -0.25) is 9.59 Å². The van der Waals surface area contributed by atoms with Gasteiger partial charge in [-0.2, -0.15) is 0 Å². The van der Waals surface area contributed by atoms with E-state index >= 15 is 0 Å². The second-order valence-electron chi connectivity index (χ2n) is 5.52. The Hall–Kier alpha value is -2.27. The second kappa shape index (κ2) is 6.87. The van der Waals surface area contributed by atoms with Gasteiger partial charge in [0, 0.05) is 17.0 Å². The monoisotopic (exact) mass is 326 g/mol. The highest BCUT2D eigenvalue weighted by Gasteiger charge is 2.35. The zero-order valence-corrected chi connectivity index (χ0v) is 13.7. The number of anilines is 1. The summed E-state index contributed by atoms with van der Waals surface area (Å²) in [6.07, 6.45) is 0. The lowest BCUT2D eigenvalue weighted by atomic mass is 10.1. The average Bonchev–Trinajstić information content (AvgIpc) is 3.05. The van der Waals surface area contributed by atoms with Crippen molar-refractivity contribution in [1.29, 1.82) is 0 Å². The van der Waals surface area contributed by atoms with Crippen molar-refractivity contribution in [3.63, 3.8) is 0 Å². The quantitative estimate of drug-likeness (QED) is 0.942. The smallest absolute Gasteiger partial charge is 0.255 e. The number of nitrogens with zero attached hydrogens (tertiary/aromatic N) is 1. The molecule has 0 saturated carbocycles. The van der Waals surface area contributed by atoms with Gasteiger partial charge in [-0.25, -0.2) is 0 Å². The lowest BCUT2D eigenvalue weighted by Gasteiger charge is -2.23. The van der Waals surface area contributed by atoms with Gasteiger partial charge in [0.05, 0.1) is 5.88 Å². The molecule has 2 aromatic rings. The van der Waals surface area contributed by atoms with Crippen molar-refractivity contribution >= 4 is 29.3 Å². The molecule has 0 bridgehead atoms. The van der Waals surface area contributed by atoms with Crippen molar-refractivity contribution in [2.24, 2.45) is 0 Å². The maximum atomic E-state index is 12.6. The van der Waals surface area contributed by atoms with Crippen LogP contribution >= 0.6 is 11.8 Å². The van der Waals surface area contributed by atoms with Gasteiger partial charge in [0.25, 0.3) is 5.91 Å². The number of hydrogen-bond acceptors (Lipinski definition) is 3. The summed E-state index contributed by atoms with van der Waals surface area (Å²) >= 11 is 1.60. The van der Waals surface area contributed by atoms with Gasteiger partial charge < -0.3 is 10.2 Å². The highest BCUT2D eigenvalue weighted by molar-refractivity contribution is 7.99. The summed E-state index contributed by atoms with van der Waals surface area (Å²) in [7, 11) is 0. The number of amides is 2. The molecule has 2 aromatic carbocycles. The number of carbonyl (C=O) groups is 2. The van der Waals surface area contributed by atoms with Crippen LogP contribution in [0.15, 0.2) is 54.6 Å². The Bertz CT molecular complexity index is 718. The summed E-state index contributed by atoms with van der Waals surface area (Å²) in [6, 6.07) is 16.3. The largest absolute Gasteiger partial charge is 0.324 e. The Kier molecular flexibility index (Phi) is 4.67. The van der Waals surface area contributed by atoms with Crippen LogP contribution in [0.2, 0.25) is 0 Å². The van der Waals surface area contributed by atoms with Crippen LogP contribution in [0.25, 0.3) is 0 Å². The molecule has 4 nitrogen and oxygen atoms in total. The number of rotatable bonds is 3. The van der Waals surface area contributed by atoms with E-state index in [1.54, 1.807) is 28.8 Å². The summed E-state index contributed by atoms with van der Waals surface area (Å²) < 4.78 is 0. The number of nitrogens with one attached hydrogen (secondary N) is 1. The van der Waals surface area contributed by atoms with Crippen LogP contribution in [0.1, 0.15) is 15.9 Å². The second-order valence-corrected chi connectivity index (χ2v) is 6.52. The molecule has 2 amide bonds. The number of aryl methyl sites for hydroxylation is 1. The summed E-state index contributed by atoms with van der Waals surface area (Å²) in [5, 5.41) is 2.91. The van der Waals surface area contributed by atoms with E-state index in [1.807, 2.05) is 49.4 Å². The zero-order valence-electron chi connectivity index (χ0n) is 12.9. The van der Waals surface area contributed by atoms with E-state index in [1.165, 1.54) is 0 Å². The molecule has 23 heavy (non-hydrogen) atoms. The van der Waals surface area contributed by atoms with Crippen molar-refractivity contribution in [2.45, 2.75) is 13.0 Å². The Morgan fingerprint density at radius 2 is 1.91 bits per heavy atom. The van der Waals surface area contributed by atoms with Gasteiger partial charge in [0.15, 0.2) is 0 Å². The third kappa shape index (κ3) is 3.56. The lowest BCUT2D eigenvalue weighted by Crippen LogP contribution is -2.44. The van der Waals surface area contributed by atoms with Gasteiger partial charge in [0.2, 0.25) is 5.91 Å². The fourth-order valence-electron chi connectivity index (χ4n) is 2.55. The fraction of sp³-hybridized carbons (Fsp3) is 0.222. The average molecular weight is 326 g/mol. The van der Waals surface area contributed by atoms with Crippen LogP contribution in [0.4, 0.5) is 5.69 Å². The Balaban J connectivity index is 1.73. The molecule has 1 fully saturated rings. The summed E-state index contributed by atoms with van der Waals surface area (Å²) in [5.74, 6) is 0.931. The molecule has 1 N–H and O–H groups in total. The number of benzene rings is 2. The van der Waals surface area contributed by atoms with Crippen LogP contribution < -0.4 is 5.32 Å². The molecule has 1 aliphatic rings. The van der Waals surface area contributed by atoms with Crippen LogP contribution in [0, 0.1) is 6.92 Å². The van der Waals surface area contributed by atoms with Gasteiger partial charge in [-0.05, 0) is 36.8 Å². The van der Waals surface area contributed by atoms with Crippen LogP contribution in [0.3, 0.4) is 0 Å². The number of hydrogen-bond donors (Lipinski definition) is 1. The van der Waals surface area contributed by atoms with Gasteiger partial charge in [-0.15, -0.1) is 11.8 Å². The molecule has 1 heterocycles. The molecule has 0 spiro atoms. The highest BCUT2D eigenvalue weighted by Crippen LogP contribution is 2.24. The topological polar surface area (TPSA) is 49.4 Å². The maximum absolute atomic E-state index is 12.6. The molecule has 5 heteroatoms. The minimum Gasteiger partial charge on any atom is -0.324 e. The Morgan fingerprint density at radius 1 is 1.13 bits per heavy atom. The molecule has 1 aliphatic heterocycles. The van der Waals surface area contributed by atoms with Crippen molar-refractivity contribution in [1.82, 2.24) is 4.90 Å². The van der Waals surface area contributed by atoms with E-state index in [-0.39, 0.29) is 11.8 Å². The summed E-state index contributed by atoms with van der Waals surface area (Å²) in [5.41, 5.74) is 2.46. The van der Waals surface area contributed by atoms with Crippen LogP contribution in [-0.2, 0) is 4.79 Å². The van der Waals surface area contributed by atoms with Crippen molar-refractivity contribution < 1.29 is 9.59 Å². The summed E-state index contributed by atoms with van der Waals surface area (Å²) in [6.45, 7) is 1.98. The lowest BCUT2D eigenvalue weighted by molar-refractivity contribution is -0.119. The van der Waals surface area contributed by atoms with Crippen LogP contribution in [0.5, 0.6) is 0 Å². The summed E-state index contributed by atoms with van der Waals surface area (Å²) in [4.78, 5) is 26.8. The SMILES string of the molecule is Cc1cccc(NC(=O)C2CSCN2C(=O)c2ccccc2)c1. The van der Waals surface area contributed by atoms with E-state index in [2.05, 4.69) is 5.32 Å². The molecule has 1 atom stereocenters.